The number of rotatable bonds is 6. The molecule has 0 atom stereocenters. The molecule has 0 saturated heterocycles. The second kappa shape index (κ2) is 7.84. The van der Waals surface area contributed by atoms with E-state index in [1.54, 1.807) is 37.5 Å². The van der Waals surface area contributed by atoms with E-state index in [1.807, 2.05) is 36.4 Å². The number of aliphatic imine (C=N–C) groups is 1. The fourth-order valence-corrected chi connectivity index (χ4v) is 2.70. The van der Waals surface area contributed by atoms with E-state index >= 15 is 0 Å². The van der Waals surface area contributed by atoms with E-state index in [0.717, 1.165) is 11.1 Å². The number of furan rings is 1. The quantitative estimate of drug-likeness (QED) is 0.477. The molecule has 3 aromatic rings. The molecule has 2 heterocycles. The maximum absolute atomic E-state index is 12.1. The average Bonchev–Trinajstić information content (AvgIpc) is 3.38. The van der Waals surface area contributed by atoms with Crippen molar-refractivity contribution in [3.63, 3.8) is 0 Å². The van der Waals surface area contributed by atoms with Gasteiger partial charge in [0.2, 0.25) is 0 Å². The first-order valence-electron chi connectivity index (χ1n) is 8.64. The number of nitrogens with zero attached hydrogens (tertiary/aromatic N) is 1. The van der Waals surface area contributed by atoms with Crippen LogP contribution in [0.3, 0.4) is 0 Å². The highest BCUT2D eigenvalue weighted by Crippen LogP contribution is 2.30. The number of hydrogen-bond donors (Lipinski definition) is 0. The molecule has 1 aliphatic rings. The number of carbonyl (C=O) groups is 1. The predicted molar refractivity (Wildman–Crippen MR) is 103 cm³/mol. The fourth-order valence-electron chi connectivity index (χ4n) is 2.70. The third-order valence-corrected chi connectivity index (χ3v) is 4.08. The van der Waals surface area contributed by atoms with Crippen molar-refractivity contribution in [1.29, 1.82) is 0 Å². The molecule has 1 aromatic heterocycles. The van der Waals surface area contributed by atoms with Gasteiger partial charge < -0.3 is 18.6 Å². The molecule has 28 heavy (non-hydrogen) atoms. The van der Waals surface area contributed by atoms with Crippen LogP contribution in [0.1, 0.15) is 16.9 Å². The normalized spacial score (nSPS) is 14.7. The number of ether oxygens (including phenoxy) is 3. The first kappa shape index (κ1) is 17.6. The molecule has 0 radical (unpaired) electrons. The van der Waals surface area contributed by atoms with E-state index in [2.05, 4.69) is 4.99 Å². The summed E-state index contributed by atoms with van der Waals surface area (Å²) in [6.07, 6.45) is 3.12. The van der Waals surface area contributed by atoms with Crippen LogP contribution in [0.15, 0.2) is 82.0 Å². The van der Waals surface area contributed by atoms with Crippen LogP contribution < -0.4 is 9.47 Å². The Bertz CT molecular complexity index is 1040. The molecule has 1 aliphatic heterocycles. The van der Waals surface area contributed by atoms with Gasteiger partial charge in [-0.1, -0.05) is 36.4 Å². The van der Waals surface area contributed by atoms with Gasteiger partial charge in [0.15, 0.2) is 23.0 Å². The van der Waals surface area contributed by atoms with Crippen molar-refractivity contribution in [2.24, 2.45) is 4.99 Å². The van der Waals surface area contributed by atoms with Crippen molar-refractivity contribution in [1.82, 2.24) is 0 Å². The van der Waals surface area contributed by atoms with Crippen LogP contribution in [-0.4, -0.2) is 19.0 Å². The first-order chi connectivity index (χ1) is 13.7. The molecule has 0 saturated carbocycles. The molecule has 0 amide bonds. The SMILES string of the molecule is COc1cc(C=C2N=C(c3ccco3)OC2=O)ccc1OCc1ccccc1. The van der Waals surface area contributed by atoms with Gasteiger partial charge in [-0.3, -0.25) is 0 Å². The lowest BCUT2D eigenvalue weighted by Crippen LogP contribution is -2.04. The monoisotopic (exact) mass is 375 g/mol. The Morgan fingerprint density at radius 2 is 1.89 bits per heavy atom. The first-order valence-corrected chi connectivity index (χ1v) is 8.64. The molecule has 0 spiro atoms. The summed E-state index contributed by atoms with van der Waals surface area (Å²) >= 11 is 0. The number of benzene rings is 2. The molecule has 0 fully saturated rings. The van der Waals surface area contributed by atoms with E-state index in [1.165, 1.54) is 6.26 Å². The molecule has 4 rings (SSSR count). The second-order valence-corrected chi connectivity index (χ2v) is 6.00. The van der Waals surface area contributed by atoms with Crippen molar-refractivity contribution < 1.29 is 23.4 Å². The van der Waals surface area contributed by atoms with Crippen LogP contribution >= 0.6 is 0 Å². The predicted octanol–water partition coefficient (Wildman–Crippen LogP) is 4.21. The van der Waals surface area contributed by atoms with Crippen molar-refractivity contribution in [3.05, 3.63) is 89.5 Å². The second-order valence-electron chi connectivity index (χ2n) is 6.00. The minimum absolute atomic E-state index is 0.149. The number of cyclic esters (lactones) is 1. The van der Waals surface area contributed by atoms with E-state index in [9.17, 15) is 4.79 Å². The van der Waals surface area contributed by atoms with Gasteiger partial charge in [0, 0.05) is 0 Å². The topological polar surface area (TPSA) is 70.3 Å². The summed E-state index contributed by atoms with van der Waals surface area (Å²) in [5.41, 5.74) is 1.98. The van der Waals surface area contributed by atoms with Crippen molar-refractivity contribution in [2.75, 3.05) is 7.11 Å². The zero-order valence-corrected chi connectivity index (χ0v) is 15.1. The third-order valence-electron chi connectivity index (χ3n) is 4.08. The summed E-state index contributed by atoms with van der Waals surface area (Å²) < 4.78 is 21.6. The van der Waals surface area contributed by atoms with E-state index in [0.29, 0.717) is 23.9 Å². The highest BCUT2D eigenvalue weighted by molar-refractivity contribution is 6.11. The van der Waals surface area contributed by atoms with Gasteiger partial charge in [0.1, 0.15) is 6.61 Å². The Hall–Kier alpha value is -3.80. The van der Waals surface area contributed by atoms with Crippen LogP contribution in [0.25, 0.3) is 6.08 Å². The molecule has 0 unspecified atom stereocenters. The van der Waals surface area contributed by atoms with Crippen molar-refractivity contribution in [2.45, 2.75) is 6.61 Å². The smallest absolute Gasteiger partial charge is 0.363 e. The average molecular weight is 375 g/mol. The molecule has 0 bridgehead atoms. The van der Waals surface area contributed by atoms with E-state index in [4.69, 9.17) is 18.6 Å². The van der Waals surface area contributed by atoms with Crippen LogP contribution in [0.4, 0.5) is 0 Å². The Kier molecular flexibility index (Phi) is 4.93. The summed E-state index contributed by atoms with van der Waals surface area (Å²) in [4.78, 5) is 16.3. The lowest BCUT2D eigenvalue weighted by Gasteiger charge is -2.11. The molecule has 6 nitrogen and oxygen atoms in total. The fraction of sp³-hybridized carbons (Fsp3) is 0.0909. The minimum atomic E-state index is -0.533. The van der Waals surface area contributed by atoms with Gasteiger partial charge in [-0.2, -0.15) is 0 Å². The molecular weight excluding hydrogens is 358 g/mol. The zero-order chi connectivity index (χ0) is 19.3. The largest absolute Gasteiger partial charge is 0.493 e. The van der Waals surface area contributed by atoms with E-state index in [-0.39, 0.29) is 11.6 Å². The summed E-state index contributed by atoms with van der Waals surface area (Å²) in [7, 11) is 1.57. The summed E-state index contributed by atoms with van der Waals surface area (Å²) in [6, 6.07) is 18.6. The molecule has 140 valence electrons. The van der Waals surface area contributed by atoms with Crippen LogP contribution in [-0.2, 0) is 16.1 Å². The standard InChI is InChI=1S/C22H17NO5/c1-25-20-13-16(9-10-18(20)27-14-15-6-3-2-4-7-15)12-17-22(24)28-21(23-17)19-8-5-11-26-19/h2-13H,14H2,1H3. The maximum Gasteiger partial charge on any atom is 0.363 e. The Morgan fingerprint density at radius 1 is 1.04 bits per heavy atom. The highest BCUT2D eigenvalue weighted by atomic mass is 16.6. The van der Waals surface area contributed by atoms with Gasteiger partial charge in [-0.05, 0) is 41.5 Å². The summed E-state index contributed by atoms with van der Waals surface area (Å²) in [5.74, 6) is 1.19. The summed E-state index contributed by atoms with van der Waals surface area (Å²) in [5, 5.41) is 0. The number of methoxy groups -OCH3 is 1. The van der Waals surface area contributed by atoms with Crippen molar-refractivity contribution >= 4 is 17.9 Å². The minimum Gasteiger partial charge on any atom is -0.493 e. The van der Waals surface area contributed by atoms with Gasteiger partial charge >= 0.3 is 5.97 Å². The van der Waals surface area contributed by atoms with E-state index < -0.39 is 5.97 Å². The molecule has 0 aliphatic carbocycles. The molecule has 2 aromatic carbocycles. The van der Waals surface area contributed by atoms with Crippen LogP contribution in [0, 0.1) is 0 Å². The van der Waals surface area contributed by atoms with Gasteiger partial charge in [-0.25, -0.2) is 9.79 Å². The lowest BCUT2D eigenvalue weighted by molar-refractivity contribution is -0.130. The Balaban J connectivity index is 1.54. The maximum atomic E-state index is 12.1. The zero-order valence-electron chi connectivity index (χ0n) is 15.1. The lowest BCUT2D eigenvalue weighted by atomic mass is 10.1. The highest BCUT2D eigenvalue weighted by Gasteiger charge is 2.25. The Labute approximate surface area is 161 Å². The van der Waals surface area contributed by atoms with Crippen molar-refractivity contribution in [3.8, 4) is 11.5 Å². The van der Waals surface area contributed by atoms with Gasteiger partial charge in [0.05, 0.1) is 13.4 Å². The number of esters is 1. The number of carbonyl (C=O) groups excluding carboxylic acids is 1. The third kappa shape index (κ3) is 3.81. The van der Waals surface area contributed by atoms with Gasteiger partial charge in [0.25, 0.3) is 5.90 Å². The molecule has 6 heteroatoms. The summed E-state index contributed by atoms with van der Waals surface area (Å²) in [6.45, 7) is 0.431. The van der Waals surface area contributed by atoms with Gasteiger partial charge in [-0.15, -0.1) is 0 Å². The number of hydrogen-bond acceptors (Lipinski definition) is 6. The molecule has 0 N–H and O–H groups in total. The van der Waals surface area contributed by atoms with Crippen LogP contribution in [0.2, 0.25) is 0 Å². The van der Waals surface area contributed by atoms with Crippen LogP contribution in [0.5, 0.6) is 11.5 Å². The Morgan fingerprint density at radius 3 is 2.64 bits per heavy atom. The molecular formula is C22H17NO5.